The van der Waals surface area contributed by atoms with E-state index in [2.05, 4.69) is 62.3 Å². The van der Waals surface area contributed by atoms with Crippen molar-refractivity contribution in [1.29, 1.82) is 0 Å². The van der Waals surface area contributed by atoms with Gasteiger partial charge in [0.2, 0.25) is 0 Å². The molecule has 0 spiro atoms. The molecule has 2 rings (SSSR count). The van der Waals surface area contributed by atoms with Crippen molar-refractivity contribution < 1.29 is 0 Å². The summed E-state index contributed by atoms with van der Waals surface area (Å²) in [6, 6.07) is 8.06. The van der Waals surface area contributed by atoms with Crippen molar-refractivity contribution in [2.45, 2.75) is 19.8 Å². The quantitative estimate of drug-likeness (QED) is 0.472. The number of hydrogen-bond donors (Lipinski definition) is 0. The molecule has 0 atom stereocenters. The van der Waals surface area contributed by atoms with Crippen molar-refractivity contribution >= 4 is 50.1 Å². The lowest BCUT2D eigenvalue weighted by Gasteiger charge is -2.11. The van der Waals surface area contributed by atoms with Crippen molar-refractivity contribution in [2.24, 2.45) is 0 Å². The molecule has 0 aliphatic rings. The highest BCUT2D eigenvalue weighted by atomic mass is 127. The maximum atomic E-state index is 6.15. The van der Waals surface area contributed by atoms with Gasteiger partial charge in [0, 0.05) is 9.13 Å². The van der Waals surface area contributed by atoms with Crippen molar-refractivity contribution in [3.8, 4) is 11.4 Å². The fourth-order valence-corrected chi connectivity index (χ4v) is 2.93. The predicted octanol–water partition coefficient (Wildman–Crippen LogP) is 5.29. The Bertz CT molecular complexity index is 587. The molecule has 2 nitrogen and oxygen atoms in total. The summed E-state index contributed by atoms with van der Waals surface area (Å²) in [5.41, 5.74) is 1.92. The van der Waals surface area contributed by atoms with E-state index in [1.165, 1.54) is 0 Å². The molecule has 18 heavy (non-hydrogen) atoms. The van der Waals surface area contributed by atoms with Gasteiger partial charge in [-0.1, -0.05) is 37.6 Å². The zero-order chi connectivity index (χ0) is 13.3. The van der Waals surface area contributed by atoms with E-state index in [9.17, 15) is 0 Å². The number of benzene rings is 1. The van der Waals surface area contributed by atoms with Gasteiger partial charge in [-0.05, 0) is 56.6 Å². The van der Waals surface area contributed by atoms with E-state index in [-0.39, 0.29) is 0 Å². The maximum absolute atomic E-state index is 6.15. The Balaban J connectivity index is 2.59. The van der Waals surface area contributed by atoms with Gasteiger partial charge in [-0.15, -0.1) is 0 Å². The van der Waals surface area contributed by atoms with Gasteiger partial charge in [-0.2, -0.15) is 0 Å². The zero-order valence-electron chi connectivity index (χ0n) is 9.92. The minimum Gasteiger partial charge on any atom is -0.232 e. The fraction of sp³-hybridized carbons (Fsp3) is 0.231. The zero-order valence-corrected chi connectivity index (χ0v) is 14.4. The third kappa shape index (κ3) is 3.03. The van der Waals surface area contributed by atoms with Gasteiger partial charge in [-0.25, -0.2) is 9.97 Å². The molecule has 0 bridgehead atoms. The van der Waals surface area contributed by atoms with Crippen molar-refractivity contribution in [2.75, 3.05) is 0 Å². The van der Waals surface area contributed by atoms with Crippen LogP contribution in [0.4, 0.5) is 0 Å². The summed E-state index contributed by atoms with van der Waals surface area (Å²) in [5, 5.41) is 0.461. The first-order valence-electron chi connectivity index (χ1n) is 5.48. The second kappa shape index (κ2) is 5.84. The Labute approximate surface area is 133 Å². The lowest BCUT2D eigenvalue weighted by molar-refractivity contribution is 0.809. The first kappa shape index (κ1) is 14.2. The van der Waals surface area contributed by atoms with Crippen LogP contribution in [0.1, 0.15) is 25.5 Å². The molecule has 5 heteroatoms. The Morgan fingerprint density at radius 2 is 2.00 bits per heavy atom. The number of aromatic nitrogens is 2. The summed E-state index contributed by atoms with van der Waals surface area (Å²) in [6.07, 6.45) is 0. The van der Waals surface area contributed by atoms with Crippen LogP contribution in [0, 0.1) is 3.57 Å². The minimum atomic E-state index is 0.293. The van der Waals surface area contributed by atoms with Crippen molar-refractivity contribution in [1.82, 2.24) is 9.97 Å². The molecular formula is C13H11BrClIN2. The average Bonchev–Trinajstić information content (AvgIpc) is 2.32. The Hall–Kier alpha value is -0.200. The molecule has 0 fully saturated rings. The first-order chi connectivity index (χ1) is 8.49. The average molecular weight is 438 g/mol. The van der Waals surface area contributed by atoms with Gasteiger partial charge in [0.1, 0.15) is 5.15 Å². The van der Waals surface area contributed by atoms with Gasteiger partial charge in [0.25, 0.3) is 0 Å². The molecule has 0 saturated carbocycles. The van der Waals surface area contributed by atoms with Gasteiger partial charge in [-0.3, -0.25) is 0 Å². The molecular weight excluding hydrogens is 426 g/mol. The number of halogens is 3. The normalized spacial score (nSPS) is 11.0. The van der Waals surface area contributed by atoms with Crippen LogP contribution in [0.2, 0.25) is 5.15 Å². The molecule has 0 amide bonds. The van der Waals surface area contributed by atoms with Crippen LogP contribution in [-0.4, -0.2) is 9.97 Å². The number of rotatable bonds is 2. The molecule has 1 heterocycles. The molecule has 0 unspecified atom stereocenters. The first-order valence-corrected chi connectivity index (χ1v) is 7.73. The standard InChI is InChI=1S/C13H11BrClIN2/c1-7(2)11-10(14)12(15)18-13(17-11)8-4-3-5-9(16)6-8/h3-7H,1-2H3. The molecule has 0 aliphatic heterocycles. The Morgan fingerprint density at radius 1 is 1.28 bits per heavy atom. The lowest BCUT2D eigenvalue weighted by Crippen LogP contribution is -2.00. The number of nitrogens with zero attached hydrogens (tertiary/aromatic N) is 2. The van der Waals surface area contributed by atoms with Crippen molar-refractivity contribution in [3.63, 3.8) is 0 Å². The van der Waals surface area contributed by atoms with Crippen LogP contribution in [0.15, 0.2) is 28.7 Å². The fourth-order valence-electron chi connectivity index (χ4n) is 1.58. The molecule has 0 N–H and O–H groups in total. The lowest BCUT2D eigenvalue weighted by atomic mass is 10.1. The Kier molecular flexibility index (Phi) is 4.61. The molecule has 0 saturated heterocycles. The second-order valence-corrected chi connectivity index (χ2v) is 6.60. The topological polar surface area (TPSA) is 25.8 Å². The molecule has 0 radical (unpaired) electrons. The van der Waals surface area contributed by atoms with Crippen LogP contribution in [-0.2, 0) is 0 Å². The monoisotopic (exact) mass is 436 g/mol. The summed E-state index contributed by atoms with van der Waals surface area (Å²) in [4.78, 5) is 8.93. The van der Waals surface area contributed by atoms with Crippen LogP contribution >= 0.6 is 50.1 Å². The van der Waals surface area contributed by atoms with Crippen LogP contribution in [0.25, 0.3) is 11.4 Å². The second-order valence-electron chi connectivity index (χ2n) is 4.20. The largest absolute Gasteiger partial charge is 0.232 e. The van der Waals surface area contributed by atoms with E-state index in [1.54, 1.807) is 0 Å². The summed E-state index contributed by atoms with van der Waals surface area (Å²) < 4.78 is 1.94. The predicted molar refractivity (Wildman–Crippen MR) is 87.0 cm³/mol. The third-order valence-electron chi connectivity index (χ3n) is 2.47. The summed E-state index contributed by atoms with van der Waals surface area (Å²) in [6.45, 7) is 4.17. The van der Waals surface area contributed by atoms with E-state index in [1.807, 2.05) is 24.3 Å². The van der Waals surface area contributed by atoms with E-state index in [0.29, 0.717) is 16.9 Å². The van der Waals surface area contributed by atoms with Crippen molar-refractivity contribution in [3.05, 3.63) is 43.2 Å². The highest BCUT2D eigenvalue weighted by Crippen LogP contribution is 2.31. The molecule has 1 aromatic carbocycles. The molecule has 94 valence electrons. The maximum Gasteiger partial charge on any atom is 0.161 e. The van der Waals surface area contributed by atoms with Crippen LogP contribution < -0.4 is 0 Å². The van der Waals surface area contributed by atoms with E-state index in [4.69, 9.17) is 11.6 Å². The van der Waals surface area contributed by atoms with Gasteiger partial charge in [0.05, 0.1) is 10.2 Å². The highest BCUT2D eigenvalue weighted by Gasteiger charge is 2.14. The van der Waals surface area contributed by atoms with E-state index < -0.39 is 0 Å². The van der Waals surface area contributed by atoms with Gasteiger partial charge >= 0.3 is 0 Å². The van der Waals surface area contributed by atoms with Crippen LogP contribution in [0.5, 0.6) is 0 Å². The van der Waals surface area contributed by atoms with E-state index >= 15 is 0 Å². The smallest absolute Gasteiger partial charge is 0.161 e. The SMILES string of the molecule is CC(C)c1nc(-c2cccc(I)c2)nc(Cl)c1Br. The molecule has 1 aromatic heterocycles. The summed E-state index contributed by atoms with van der Waals surface area (Å²) in [5.74, 6) is 0.965. The minimum absolute atomic E-state index is 0.293. The molecule has 0 aliphatic carbocycles. The summed E-state index contributed by atoms with van der Waals surface area (Å²) >= 11 is 11.9. The van der Waals surface area contributed by atoms with Crippen LogP contribution in [0.3, 0.4) is 0 Å². The Morgan fingerprint density at radius 3 is 2.61 bits per heavy atom. The highest BCUT2D eigenvalue weighted by molar-refractivity contribution is 14.1. The summed E-state index contributed by atoms with van der Waals surface area (Å²) in [7, 11) is 0. The number of hydrogen-bond acceptors (Lipinski definition) is 2. The third-order valence-corrected chi connectivity index (χ3v) is 4.42. The van der Waals surface area contributed by atoms with Gasteiger partial charge in [0.15, 0.2) is 5.82 Å². The van der Waals surface area contributed by atoms with E-state index in [0.717, 1.165) is 19.3 Å². The van der Waals surface area contributed by atoms with Gasteiger partial charge < -0.3 is 0 Å². The molecule has 2 aromatic rings.